The molecule has 132 valence electrons. The third kappa shape index (κ3) is 3.45. The molecular weight excluding hydrogens is 312 g/mol. The summed E-state index contributed by atoms with van der Waals surface area (Å²) in [6, 6.07) is 18.1. The van der Waals surface area contributed by atoms with Crippen molar-refractivity contribution >= 4 is 0 Å². The Morgan fingerprint density at radius 2 is 1.62 bits per heavy atom. The van der Waals surface area contributed by atoms with Crippen LogP contribution in [0.25, 0.3) is 0 Å². The quantitative estimate of drug-likeness (QED) is 0.591. The molecule has 0 unspecified atom stereocenters. The zero-order chi connectivity index (χ0) is 17.4. The van der Waals surface area contributed by atoms with Gasteiger partial charge in [-0.15, -0.1) is 0 Å². The predicted molar refractivity (Wildman–Crippen MR) is 108 cm³/mol. The van der Waals surface area contributed by atoms with Gasteiger partial charge in [-0.25, -0.2) is 0 Å². The molecule has 0 radical (unpaired) electrons. The van der Waals surface area contributed by atoms with Gasteiger partial charge in [0.2, 0.25) is 0 Å². The van der Waals surface area contributed by atoms with Crippen molar-refractivity contribution in [2.24, 2.45) is 17.3 Å². The maximum absolute atomic E-state index is 3.41. The van der Waals surface area contributed by atoms with Crippen molar-refractivity contribution in [3.63, 3.8) is 0 Å². The van der Waals surface area contributed by atoms with E-state index in [4.69, 9.17) is 0 Å². The number of fused-ring (bicyclic) bond motifs is 1. The molecule has 26 heavy (non-hydrogen) atoms. The molecule has 0 aromatic heterocycles. The van der Waals surface area contributed by atoms with Crippen molar-refractivity contribution in [1.29, 1.82) is 0 Å². The standard InChI is InChI=1S/C26H28/c1-2-4-21(5-3-1)16-23-12-14-26(15-13-23)18-24-11-10-22(17-25(24)19-26)9-8-20-6-7-20/h1-5,10-11,17,20,23H,6-7,12-16,18-19H2. The molecule has 2 fully saturated rings. The van der Waals surface area contributed by atoms with Crippen LogP contribution < -0.4 is 0 Å². The highest BCUT2D eigenvalue weighted by Crippen LogP contribution is 2.49. The van der Waals surface area contributed by atoms with Gasteiger partial charge >= 0.3 is 0 Å². The third-order valence-electron chi connectivity index (χ3n) is 6.87. The smallest absolute Gasteiger partial charge is 0.0248 e. The van der Waals surface area contributed by atoms with Crippen LogP contribution >= 0.6 is 0 Å². The molecule has 5 rings (SSSR count). The summed E-state index contributed by atoms with van der Waals surface area (Å²) in [5.74, 6) is 8.40. The Kier molecular flexibility index (Phi) is 4.12. The maximum Gasteiger partial charge on any atom is 0.0248 e. The zero-order valence-corrected chi connectivity index (χ0v) is 15.6. The SMILES string of the molecule is C(#CC1CC1)c1ccc2c(c1)CC1(CCC(Cc3ccccc3)CC1)C2. The molecule has 3 aliphatic rings. The molecular formula is C26H28. The number of hydrogen-bond acceptors (Lipinski definition) is 0. The Hall–Kier alpha value is -2.00. The fraction of sp³-hybridized carbons (Fsp3) is 0.462. The van der Waals surface area contributed by atoms with E-state index in [-0.39, 0.29) is 0 Å². The highest BCUT2D eigenvalue weighted by molar-refractivity contribution is 5.44. The maximum atomic E-state index is 3.41. The normalized spacial score (nSPS) is 27.0. The molecule has 0 bridgehead atoms. The minimum atomic E-state index is 0.554. The van der Waals surface area contributed by atoms with Crippen LogP contribution in [0.4, 0.5) is 0 Å². The van der Waals surface area contributed by atoms with Crippen LogP contribution in [-0.4, -0.2) is 0 Å². The summed E-state index contributed by atoms with van der Waals surface area (Å²) in [5.41, 5.74) is 6.50. The van der Waals surface area contributed by atoms with Crippen molar-refractivity contribution in [3.05, 3.63) is 70.8 Å². The predicted octanol–water partition coefficient (Wildman–Crippen LogP) is 5.97. The van der Waals surface area contributed by atoms with E-state index in [9.17, 15) is 0 Å². The Labute approximate surface area is 158 Å². The van der Waals surface area contributed by atoms with Gasteiger partial charge < -0.3 is 0 Å². The molecule has 3 aliphatic carbocycles. The summed E-state index contributed by atoms with van der Waals surface area (Å²) in [6.07, 6.45) is 12.1. The van der Waals surface area contributed by atoms with Crippen LogP contribution in [0.2, 0.25) is 0 Å². The molecule has 0 amide bonds. The van der Waals surface area contributed by atoms with E-state index in [1.54, 1.807) is 11.1 Å². The third-order valence-corrected chi connectivity index (χ3v) is 6.87. The number of benzene rings is 2. The summed E-state index contributed by atoms with van der Waals surface area (Å²) in [5, 5.41) is 0. The molecule has 1 spiro atoms. The first kappa shape index (κ1) is 16.2. The van der Waals surface area contributed by atoms with Gasteiger partial charge in [0, 0.05) is 11.5 Å². The second-order valence-electron chi connectivity index (χ2n) is 9.01. The summed E-state index contributed by atoms with van der Waals surface area (Å²) in [6.45, 7) is 0. The van der Waals surface area contributed by atoms with Crippen molar-refractivity contribution < 1.29 is 0 Å². The van der Waals surface area contributed by atoms with Gasteiger partial charge in [-0.05, 0) is 97.9 Å². The van der Waals surface area contributed by atoms with Crippen LogP contribution in [0.3, 0.4) is 0 Å². The van der Waals surface area contributed by atoms with Crippen LogP contribution in [-0.2, 0) is 19.3 Å². The first-order valence-corrected chi connectivity index (χ1v) is 10.5. The second kappa shape index (κ2) is 6.62. The van der Waals surface area contributed by atoms with E-state index in [0.29, 0.717) is 11.3 Å². The Bertz CT molecular complexity index is 837. The fourth-order valence-electron chi connectivity index (χ4n) is 5.12. The van der Waals surface area contributed by atoms with E-state index in [0.717, 1.165) is 5.92 Å². The van der Waals surface area contributed by atoms with Gasteiger partial charge in [-0.2, -0.15) is 0 Å². The lowest BCUT2D eigenvalue weighted by molar-refractivity contribution is 0.159. The highest BCUT2D eigenvalue weighted by atomic mass is 14.4. The number of hydrogen-bond donors (Lipinski definition) is 0. The van der Waals surface area contributed by atoms with Crippen LogP contribution in [0.1, 0.15) is 60.8 Å². The van der Waals surface area contributed by atoms with Gasteiger partial charge in [0.1, 0.15) is 0 Å². The second-order valence-corrected chi connectivity index (χ2v) is 9.01. The lowest BCUT2D eigenvalue weighted by atomic mass is 9.68. The van der Waals surface area contributed by atoms with Crippen molar-refractivity contribution in [2.75, 3.05) is 0 Å². The van der Waals surface area contributed by atoms with Crippen molar-refractivity contribution in [1.82, 2.24) is 0 Å². The molecule has 2 saturated carbocycles. The van der Waals surface area contributed by atoms with E-state index in [2.05, 4.69) is 60.4 Å². The molecule has 0 heterocycles. The van der Waals surface area contributed by atoms with Gasteiger partial charge in [0.15, 0.2) is 0 Å². The van der Waals surface area contributed by atoms with Gasteiger partial charge in [0.25, 0.3) is 0 Å². The highest BCUT2D eigenvalue weighted by Gasteiger charge is 2.40. The molecule has 0 nitrogen and oxygen atoms in total. The fourth-order valence-corrected chi connectivity index (χ4v) is 5.12. The van der Waals surface area contributed by atoms with E-state index in [1.807, 2.05) is 0 Å². The minimum Gasteiger partial charge on any atom is -0.0945 e. The Balaban J connectivity index is 1.23. The molecule has 0 saturated heterocycles. The van der Waals surface area contributed by atoms with E-state index < -0.39 is 0 Å². The Morgan fingerprint density at radius 3 is 2.38 bits per heavy atom. The lowest BCUT2D eigenvalue weighted by Crippen LogP contribution is -2.28. The molecule has 0 aliphatic heterocycles. The van der Waals surface area contributed by atoms with Gasteiger partial charge in [0.05, 0.1) is 0 Å². The largest absolute Gasteiger partial charge is 0.0945 e. The monoisotopic (exact) mass is 340 g/mol. The van der Waals surface area contributed by atoms with Crippen LogP contribution in [0.15, 0.2) is 48.5 Å². The lowest BCUT2D eigenvalue weighted by Gasteiger charge is -2.37. The molecule has 2 aromatic rings. The minimum absolute atomic E-state index is 0.554. The van der Waals surface area contributed by atoms with Gasteiger partial charge in [-0.1, -0.05) is 48.2 Å². The van der Waals surface area contributed by atoms with E-state index >= 15 is 0 Å². The Morgan fingerprint density at radius 1 is 0.846 bits per heavy atom. The summed E-state index contributed by atoms with van der Waals surface area (Å²) in [7, 11) is 0. The summed E-state index contributed by atoms with van der Waals surface area (Å²) < 4.78 is 0. The first-order valence-electron chi connectivity index (χ1n) is 10.5. The summed E-state index contributed by atoms with van der Waals surface area (Å²) >= 11 is 0. The van der Waals surface area contributed by atoms with Crippen molar-refractivity contribution in [2.45, 2.75) is 57.8 Å². The van der Waals surface area contributed by atoms with Gasteiger partial charge in [-0.3, -0.25) is 0 Å². The number of rotatable bonds is 2. The summed E-state index contributed by atoms with van der Waals surface area (Å²) in [4.78, 5) is 0. The zero-order valence-electron chi connectivity index (χ0n) is 15.6. The van der Waals surface area contributed by atoms with E-state index in [1.165, 1.54) is 68.9 Å². The van der Waals surface area contributed by atoms with Crippen LogP contribution in [0, 0.1) is 29.1 Å². The first-order chi connectivity index (χ1) is 12.8. The topological polar surface area (TPSA) is 0 Å². The average molecular weight is 341 g/mol. The molecule has 0 N–H and O–H groups in total. The van der Waals surface area contributed by atoms with Crippen LogP contribution in [0.5, 0.6) is 0 Å². The molecule has 0 atom stereocenters. The molecule has 2 aromatic carbocycles. The average Bonchev–Trinajstić information content (AvgIpc) is 3.43. The van der Waals surface area contributed by atoms with Crippen molar-refractivity contribution in [3.8, 4) is 11.8 Å². The molecule has 0 heteroatoms.